The second-order valence-electron chi connectivity index (χ2n) is 9.43. The number of benzene rings is 2. The normalized spacial score (nSPS) is 20.8. The standard InChI is InChI=1S/C28H33N3O2S/c1-6-17(5)24-26(32)23-25(31-24)20-10-8-9-11-21(20)30-28(23)34-22(7-2)27(33)29-19-14-12-18(13-15-19)16(3)4/h8-17,22-24H,6-7H2,1-5H3,(H,29,33). The first kappa shape index (κ1) is 24.4. The molecule has 5 nitrogen and oxygen atoms in total. The first-order valence-corrected chi connectivity index (χ1v) is 13.1. The predicted molar refractivity (Wildman–Crippen MR) is 143 cm³/mol. The number of nitrogens with zero attached hydrogens (tertiary/aromatic N) is 2. The number of carbonyl (C=O) groups excluding carboxylic acids is 2. The van der Waals surface area contributed by atoms with Crippen molar-refractivity contribution in [2.75, 3.05) is 5.32 Å². The van der Waals surface area contributed by atoms with E-state index in [4.69, 9.17) is 9.98 Å². The number of hydrogen-bond donors (Lipinski definition) is 1. The van der Waals surface area contributed by atoms with Crippen molar-refractivity contribution in [3.8, 4) is 0 Å². The van der Waals surface area contributed by atoms with Gasteiger partial charge in [0, 0.05) is 11.3 Å². The summed E-state index contributed by atoms with van der Waals surface area (Å²) >= 11 is 1.40. The van der Waals surface area contributed by atoms with Crippen molar-refractivity contribution in [1.29, 1.82) is 0 Å². The fourth-order valence-corrected chi connectivity index (χ4v) is 5.53. The molecule has 1 amide bonds. The molecule has 0 spiro atoms. The number of para-hydroxylation sites is 1. The highest BCUT2D eigenvalue weighted by Gasteiger charge is 2.46. The van der Waals surface area contributed by atoms with Crippen molar-refractivity contribution < 1.29 is 9.59 Å². The number of thioether (sulfide) groups is 1. The van der Waals surface area contributed by atoms with Crippen molar-refractivity contribution in [3.05, 3.63) is 59.7 Å². The van der Waals surface area contributed by atoms with E-state index in [-0.39, 0.29) is 28.9 Å². The molecule has 0 bridgehead atoms. The molecule has 4 atom stereocenters. The van der Waals surface area contributed by atoms with Gasteiger partial charge in [0.05, 0.1) is 21.7 Å². The zero-order valence-electron chi connectivity index (χ0n) is 20.5. The number of nitrogens with one attached hydrogen (secondary N) is 1. The molecule has 4 rings (SSSR count). The van der Waals surface area contributed by atoms with Crippen LogP contribution in [0.1, 0.15) is 64.5 Å². The molecule has 0 aromatic heterocycles. The Kier molecular flexibility index (Phi) is 7.36. The van der Waals surface area contributed by atoms with Gasteiger partial charge in [0.15, 0.2) is 5.78 Å². The van der Waals surface area contributed by atoms with Crippen molar-refractivity contribution in [1.82, 2.24) is 0 Å². The molecular formula is C28H33N3O2S. The van der Waals surface area contributed by atoms with Crippen LogP contribution in [0, 0.1) is 11.8 Å². The number of amides is 1. The van der Waals surface area contributed by atoms with E-state index in [9.17, 15) is 9.59 Å². The van der Waals surface area contributed by atoms with E-state index >= 15 is 0 Å². The third-order valence-electron chi connectivity index (χ3n) is 6.74. The van der Waals surface area contributed by atoms with Gasteiger partial charge in [-0.15, -0.1) is 0 Å². The van der Waals surface area contributed by atoms with Crippen molar-refractivity contribution >= 4 is 45.6 Å². The van der Waals surface area contributed by atoms with Crippen molar-refractivity contribution in [2.45, 2.75) is 64.7 Å². The summed E-state index contributed by atoms with van der Waals surface area (Å²) < 4.78 is 0. The third-order valence-corrected chi connectivity index (χ3v) is 8.14. The molecule has 34 heavy (non-hydrogen) atoms. The van der Waals surface area contributed by atoms with E-state index in [0.717, 1.165) is 29.1 Å². The minimum absolute atomic E-state index is 0.0752. The number of anilines is 1. The van der Waals surface area contributed by atoms with Gasteiger partial charge in [0.2, 0.25) is 5.91 Å². The van der Waals surface area contributed by atoms with Crippen LogP contribution in [0.15, 0.2) is 58.5 Å². The van der Waals surface area contributed by atoms with Crippen molar-refractivity contribution in [3.63, 3.8) is 0 Å². The molecule has 4 unspecified atom stereocenters. The maximum Gasteiger partial charge on any atom is 0.237 e. The fourth-order valence-electron chi connectivity index (χ4n) is 4.40. The van der Waals surface area contributed by atoms with E-state index in [1.807, 2.05) is 55.5 Å². The maximum absolute atomic E-state index is 13.5. The molecule has 2 aromatic carbocycles. The number of hydrogen-bond acceptors (Lipinski definition) is 5. The molecule has 1 N–H and O–H groups in total. The summed E-state index contributed by atoms with van der Waals surface area (Å²) in [6, 6.07) is 15.5. The van der Waals surface area contributed by atoms with E-state index in [2.05, 4.69) is 33.0 Å². The molecule has 178 valence electrons. The van der Waals surface area contributed by atoms with Gasteiger partial charge in [0.1, 0.15) is 12.0 Å². The first-order valence-electron chi connectivity index (χ1n) is 12.2. The molecule has 0 radical (unpaired) electrons. The van der Waals surface area contributed by atoms with Crippen LogP contribution in [-0.2, 0) is 9.59 Å². The number of Topliss-reactive ketones (excluding diaryl/α,β-unsaturated/α-hetero) is 1. The SMILES string of the molecule is CCC(SC1=Nc2ccccc2C2=NC(C(C)CC)C(=O)C12)C(=O)Nc1ccc(C(C)C)cc1. The minimum Gasteiger partial charge on any atom is -0.325 e. The summed E-state index contributed by atoms with van der Waals surface area (Å²) in [5, 5.41) is 3.37. The molecular weight excluding hydrogens is 442 g/mol. The van der Waals surface area contributed by atoms with E-state index in [1.165, 1.54) is 17.3 Å². The van der Waals surface area contributed by atoms with Gasteiger partial charge >= 0.3 is 0 Å². The van der Waals surface area contributed by atoms with Crippen LogP contribution in [-0.4, -0.2) is 33.7 Å². The molecule has 2 heterocycles. The Morgan fingerprint density at radius 1 is 1.03 bits per heavy atom. The quantitative estimate of drug-likeness (QED) is 0.503. The average Bonchev–Trinajstić information content (AvgIpc) is 3.19. The van der Waals surface area contributed by atoms with Gasteiger partial charge in [-0.25, -0.2) is 4.99 Å². The summed E-state index contributed by atoms with van der Waals surface area (Å²) in [7, 11) is 0. The van der Waals surface area contributed by atoms with Crippen LogP contribution in [0.25, 0.3) is 0 Å². The highest BCUT2D eigenvalue weighted by Crippen LogP contribution is 2.40. The smallest absolute Gasteiger partial charge is 0.237 e. The monoisotopic (exact) mass is 475 g/mol. The maximum atomic E-state index is 13.5. The minimum atomic E-state index is -0.480. The summed E-state index contributed by atoms with van der Waals surface area (Å²) in [5.41, 5.74) is 4.57. The van der Waals surface area contributed by atoms with Crippen molar-refractivity contribution in [2.24, 2.45) is 21.8 Å². The lowest BCUT2D eigenvalue weighted by Crippen LogP contribution is -2.36. The zero-order valence-corrected chi connectivity index (χ0v) is 21.4. The van der Waals surface area contributed by atoms with Crippen LogP contribution in [0.5, 0.6) is 0 Å². The molecule has 2 aromatic rings. The van der Waals surface area contributed by atoms with Crippen LogP contribution in [0.4, 0.5) is 11.4 Å². The van der Waals surface area contributed by atoms with Gasteiger partial charge < -0.3 is 5.32 Å². The van der Waals surface area contributed by atoms with Crippen LogP contribution < -0.4 is 5.32 Å². The highest BCUT2D eigenvalue weighted by atomic mass is 32.2. The van der Waals surface area contributed by atoms with Gasteiger partial charge in [-0.2, -0.15) is 0 Å². The zero-order chi connectivity index (χ0) is 24.4. The Morgan fingerprint density at radius 2 is 1.74 bits per heavy atom. The number of rotatable bonds is 7. The second-order valence-corrected chi connectivity index (χ2v) is 10.7. The fraction of sp³-hybridized carbons (Fsp3) is 0.429. The Morgan fingerprint density at radius 3 is 2.38 bits per heavy atom. The lowest BCUT2D eigenvalue weighted by Gasteiger charge is -2.24. The lowest BCUT2D eigenvalue weighted by molar-refractivity contribution is -0.120. The molecule has 0 saturated carbocycles. The third kappa shape index (κ3) is 4.74. The molecule has 0 fully saturated rings. The van der Waals surface area contributed by atoms with Crippen LogP contribution in [0.2, 0.25) is 0 Å². The summed E-state index contributed by atoms with van der Waals surface area (Å²) in [6.45, 7) is 10.4. The largest absolute Gasteiger partial charge is 0.325 e. The van der Waals surface area contributed by atoms with Crippen LogP contribution in [0.3, 0.4) is 0 Å². The van der Waals surface area contributed by atoms with E-state index in [0.29, 0.717) is 17.4 Å². The van der Waals surface area contributed by atoms with Gasteiger partial charge in [0.25, 0.3) is 0 Å². The Hall–Kier alpha value is -2.73. The van der Waals surface area contributed by atoms with Gasteiger partial charge in [-0.1, -0.05) is 83.1 Å². The van der Waals surface area contributed by atoms with E-state index in [1.54, 1.807) is 0 Å². The van der Waals surface area contributed by atoms with Gasteiger partial charge in [-0.3, -0.25) is 14.6 Å². The summed E-state index contributed by atoms with van der Waals surface area (Å²) in [5.74, 6) is 0.155. The molecule has 0 aliphatic carbocycles. The molecule has 2 aliphatic heterocycles. The number of fused-ring (bicyclic) bond motifs is 3. The molecule has 2 aliphatic rings. The van der Waals surface area contributed by atoms with E-state index < -0.39 is 5.92 Å². The Balaban J connectivity index is 1.59. The average molecular weight is 476 g/mol. The lowest BCUT2D eigenvalue weighted by atomic mass is 9.88. The predicted octanol–water partition coefficient (Wildman–Crippen LogP) is 6.41. The first-order chi connectivity index (χ1) is 16.3. The van der Waals surface area contributed by atoms with Crippen LogP contribution >= 0.6 is 11.8 Å². The Labute approximate surface area is 206 Å². The topological polar surface area (TPSA) is 70.9 Å². The number of carbonyl (C=O) groups is 2. The molecule has 6 heteroatoms. The van der Waals surface area contributed by atoms with Gasteiger partial charge in [-0.05, 0) is 42.0 Å². The summed E-state index contributed by atoms with van der Waals surface area (Å²) in [4.78, 5) is 36.4. The Bertz CT molecular complexity index is 1140. The number of aliphatic imine (C=N–C) groups is 2. The number of ketones is 1. The molecule has 0 saturated heterocycles. The second kappa shape index (κ2) is 10.3. The highest BCUT2D eigenvalue weighted by molar-refractivity contribution is 8.15. The summed E-state index contributed by atoms with van der Waals surface area (Å²) in [6.07, 6.45) is 1.51.